The molecule has 1 saturated carbocycles. The fraction of sp³-hybridized carbons (Fsp3) is 0.471. The summed E-state index contributed by atoms with van der Waals surface area (Å²) in [6, 6.07) is 4.40. The third-order valence-electron chi connectivity index (χ3n) is 4.24. The van der Waals surface area contributed by atoms with Gasteiger partial charge in [-0.3, -0.25) is 4.57 Å². The molecule has 1 aliphatic rings. The number of rotatable bonds is 4. The second-order valence-corrected chi connectivity index (χ2v) is 5.99. The summed E-state index contributed by atoms with van der Waals surface area (Å²) >= 11 is 0. The molecule has 0 unspecified atom stereocenters. The van der Waals surface area contributed by atoms with Gasteiger partial charge in [-0.15, -0.1) is 0 Å². The highest BCUT2D eigenvalue weighted by molar-refractivity contribution is 5.78. The molecule has 0 spiro atoms. The van der Waals surface area contributed by atoms with Crippen LogP contribution in [-0.2, 0) is 6.54 Å². The average Bonchev–Trinajstić information content (AvgIpc) is 2.99. The number of guanidine groups is 1. The molecule has 0 aliphatic heterocycles. The van der Waals surface area contributed by atoms with E-state index in [2.05, 4.69) is 20.3 Å². The number of nitrogens with zero attached hydrogens (tertiary/aromatic N) is 4. The molecular formula is C17H24N6. The van der Waals surface area contributed by atoms with Crippen LogP contribution in [0.4, 0.5) is 0 Å². The average molecular weight is 312 g/mol. The van der Waals surface area contributed by atoms with Crippen LogP contribution in [0, 0.1) is 0 Å². The first kappa shape index (κ1) is 15.5. The molecule has 6 heteroatoms. The predicted molar refractivity (Wildman–Crippen MR) is 91.3 cm³/mol. The summed E-state index contributed by atoms with van der Waals surface area (Å²) in [6.45, 7) is 0.507. The van der Waals surface area contributed by atoms with Gasteiger partial charge in [0.1, 0.15) is 12.1 Å². The fourth-order valence-corrected chi connectivity index (χ4v) is 3.02. The Bertz CT molecular complexity index is 626. The summed E-state index contributed by atoms with van der Waals surface area (Å²) in [5.41, 5.74) is 7.10. The number of nitrogens with one attached hydrogen (secondary N) is 1. The zero-order valence-electron chi connectivity index (χ0n) is 13.4. The van der Waals surface area contributed by atoms with Crippen molar-refractivity contribution in [2.45, 2.75) is 51.1 Å². The zero-order valence-corrected chi connectivity index (χ0v) is 13.4. The molecule has 0 aromatic carbocycles. The van der Waals surface area contributed by atoms with Gasteiger partial charge in [0.05, 0.1) is 6.54 Å². The van der Waals surface area contributed by atoms with Crippen molar-refractivity contribution in [2.24, 2.45) is 10.7 Å². The van der Waals surface area contributed by atoms with Crippen molar-refractivity contribution in [3.63, 3.8) is 0 Å². The maximum absolute atomic E-state index is 6.07. The number of aliphatic imine (C=N–C) groups is 1. The van der Waals surface area contributed by atoms with Gasteiger partial charge < -0.3 is 11.1 Å². The molecule has 23 heavy (non-hydrogen) atoms. The normalized spacial score (nSPS) is 17.0. The van der Waals surface area contributed by atoms with Gasteiger partial charge in [0.15, 0.2) is 5.96 Å². The Balaban J connectivity index is 1.65. The summed E-state index contributed by atoms with van der Waals surface area (Å²) in [5, 5.41) is 3.37. The highest BCUT2D eigenvalue weighted by Crippen LogP contribution is 2.17. The number of hydrogen-bond acceptors (Lipinski definition) is 3. The smallest absolute Gasteiger partial charge is 0.189 e. The quantitative estimate of drug-likeness (QED) is 0.516. The Morgan fingerprint density at radius 3 is 2.83 bits per heavy atom. The summed E-state index contributed by atoms with van der Waals surface area (Å²) in [4.78, 5) is 13.0. The van der Waals surface area contributed by atoms with Crippen LogP contribution in [0.15, 0.2) is 42.0 Å². The maximum Gasteiger partial charge on any atom is 0.189 e. The molecule has 6 nitrogen and oxygen atoms in total. The largest absolute Gasteiger partial charge is 0.370 e. The van der Waals surface area contributed by atoms with Crippen molar-refractivity contribution in [1.82, 2.24) is 19.9 Å². The Labute approximate surface area is 136 Å². The SMILES string of the molecule is NC(=NCc1cccnc1-n1ccnc1)NC1CCCCCC1. The minimum absolute atomic E-state index is 0.461. The van der Waals surface area contributed by atoms with Crippen LogP contribution >= 0.6 is 0 Å². The lowest BCUT2D eigenvalue weighted by Crippen LogP contribution is -2.39. The van der Waals surface area contributed by atoms with Gasteiger partial charge in [0, 0.05) is 30.2 Å². The van der Waals surface area contributed by atoms with Crippen LogP contribution in [0.25, 0.3) is 5.82 Å². The minimum Gasteiger partial charge on any atom is -0.370 e. The van der Waals surface area contributed by atoms with Crippen molar-refractivity contribution in [1.29, 1.82) is 0 Å². The molecule has 0 amide bonds. The molecule has 0 atom stereocenters. The van der Waals surface area contributed by atoms with Crippen molar-refractivity contribution >= 4 is 5.96 Å². The summed E-state index contributed by atoms with van der Waals surface area (Å²) < 4.78 is 1.89. The molecule has 2 heterocycles. The molecule has 1 aliphatic carbocycles. The monoisotopic (exact) mass is 312 g/mol. The summed E-state index contributed by atoms with van der Waals surface area (Å²) in [7, 11) is 0. The van der Waals surface area contributed by atoms with Crippen LogP contribution in [0.1, 0.15) is 44.1 Å². The Hall–Kier alpha value is -2.37. The van der Waals surface area contributed by atoms with E-state index >= 15 is 0 Å². The van der Waals surface area contributed by atoms with Crippen LogP contribution in [0.3, 0.4) is 0 Å². The number of aromatic nitrogens is 3. The molecular weight excluding hydrogens is 288 g/mol. The van der Waals surface area contributed by atoms with Gasteiger partial charge in [-0.05, 0) is 18.9 Å². The maximum atomic E-state index is 6.07. The standard InChI is InChI=1S/C17H24N6/c18-17(22-15-7-3-1-2-4-8-15)21-12-14-6-5-9-20-16(14)23-11-10-19-13-23/h5-6,9-11,13,15H,1-4,7-8,12H2,(H3,18,21,22). The van der Waals surface area contributed by atoms with Crippen LogP contribution in [-0.4, -0.2) is 26.5 Å². The van der Waals surface area contributed by atoms with E-state index in [0.29, 0.717) is 18.5 Å². The third kappa shape index (κ3) is 4.31. The number of pyridine rings is 1. The molecule has 0 radical (unpaired) electrons. The molecule has 122 valence electrons. The zero-order chi connectivity index (χ0) is 15.9. The first-order chi connectivity index (χ1) is 11.3. The van der Waals surface area contributed by atoms with E-state index in [1.165, 1.54) is 38.5 Å². The lowest BCUT2D eigenvalue weighted by Gasteiger charge is -2.16. The highest BCUT2D eigenvalue weighted by atomic mass is 15.1. The lowest BCUT2D eigenvalue weighted by molar-refractivity contribution is 0.530. The number of imidazole rings is 1. The van der Waals surface area contributed by atoms with Crippen molar-refractivity contribution in [2.75, 3.05) is 0 Å². The van der Waals surface area contributed by atoms with Crippen LogP contribution in [0.5, 0.6) is 0 Å². The second-order valence-electron chi connectivity index (χ2n) is 5.99. The van der Waals surface area contributed by atoms with Crippen LogP contribution in [0.2, 0.25) is 0 Å². The van der Waals surface area contributed by atoms with Gasteiger partial charge in [-0.25, -0.2) is 15.0 Å². The van der Waals surface area contributed by atoms with E-state index in [1.54, 1.807) is 18.7 Å². The van der Waals surface area contributed by atoms with Crippen molar-refractivity contribution in [3.05, 3.63) is 42.6 Å². The summed E-state index contributed by atoms with van der Waals surface area (Å²) in [6.07, 6.45) is 14.7. The van der Waals surface area contributed by atoms with Crippen LogP contribution < -0.4 is 11.1 Å². The molecule has 0 saturated heterocycles. The second kappa shape index (κ2) is 7.76. The summed E-state index contributed by atoms with van der Waals surface area (Å²) in [5.74, 6) is 1.37. The van der Waals surface area contributed by atoms with Gasteiger partial charge in [-0.1, -0.05) is 31.7 Å². The molecule has 2 aromatic rings. The van der Waals surface area contributed by atoms with Crippen molar-refractivity contribution < 1.29 is 0 Å². The highest BCUT2D eigenvalue weighted by Gasteiger charge is 2.12. The van der Waals surface area contributed by atoms with E-state index in [4.69, 9.17) is 5.73 Å². The van der Waals surface area contributed by atoms with Gasteiger partial charge in [0.25, 0.3) is 0 Å². The topological polar surface area (TPSA) is 81.1 Å². The molecule has 3 rings (SSSR count). The Morgan fingerprint density at radius 1 is 1.26 bits per heavy atom. The molecule has 2 aromatic heterocycles. The third-order valence-corrected chi connectivity index (χ3v) is 4.24. The molecule has 1 fully saturated rings. The molecule has 3 N–H and O–H groups in total. The van der Waals surface area contributed by atoms with E-state index in [-0.39, 0.29) is 0 Å². The Kier molecular flexibility index (Phi) is 5.24. The number of nitrogens with two attached hydrogens (primary N) is 1. The number of hydrogen-bond donors (Lipinski definition) is 2. The lowest BCUT2D eigenvalue weighted by atomic mass is 10.1. The first-order valence-electron chi connectivity index (χ1n) is 8.31. The minimum atomic E-state index is 0.461. The van der Waals surface area contributed by atoms with E-state index < -0.39 is 0 Å². The van der Waals surface area contributed by atoms with Gasteiger partial charge >= 0.3 is 0 Å². The van der Waals surface area contributed by atoms with E-state index in [9.17, 15) is 0 Å². The Morgan fingerprint density at radius 2 is 2.09 bits per heavy atom. The first-order valence-corrected chi connectivity index (χ1v) is 8.31. The fourth-order valence-electron chi connectivity index (χ4n) is 3.02. The van der Waals surface area contributed by atoms with Gasteiger partial charge in [-0.2, -0.15) is 0 Å². The van der Waals surface area contributed by atoms with Gasteiger partial charge in [0.2, 0.25) is 0 Å². The predicted octanol–water partition coefficient (Wildman–Crippen LogP) is 2.39. The van der Waals surface area contributed by atoms with E-state index in [1.807, 2.05) is 22.9 Å². The molecule has 0 bridgehead atoms. The van der Waals surface area contributed by atoms with Crippen molar-refractivity contribution in [3.8, 4) is 5.82 Å². The van der Waals surface area contributed by atoms with E-state index in [0.717, 1.165) is 11.4 Å².